The molecule has 0 aromatic carbocycles. The minimum absolute atomic E-state index is 0.0405. The molecule has 9 heteroatoms. The predicted molar refractivity (Wildman–Crippen MR) is 119 cm³/mol. The number of nitrogens with two attached hydrogens (primary N) is 1. The molecule has 0 saturated carbocycles. The van der Waals surface area contributed by atoms with Gasteiger partial charge in [-0.25, -0.2) is 9.97 Å². The normalized spacial score (nSPS) is 18.0. The maximum atomic E-state index is 12.5. The van der Waals surface area contributed by atoms with E-state index in [2.05, 4.69) is 14.9 Å². The van der Waals surface area contributed by atoms with E-state index < -0.39 is 0 Å². The first-order valence-corrected chi connectivity index (χ1v) is 10.3. The monoisotopic (exact) mass is 424 g/mol. The molecule has 0 spiro atoms. The minimum Gasteiger partial charge on any atom is -0.493 e. The maximum absolute atomic E-state index is 12.5. The van der Waals surface area contributed by atoms with Crippen molar-refractivity contribution in [3.8, 4) is 22.8 Å². The molecule has 0 radical (unpaired) electrons. The van der Waals surface area contributed by atoms with Crippen LogP contribution in [0.4, 0.5) is 11.6 Å². The van der Waals surface area contributed by atoms with Crippen LogP contribution in [0.15, 0.2) is 36.5 Å². The molecule has 31 heavy (non-hydrogen) atoms. The van der Waals surface area contributed by atoms with Crippen LogP contribution in [-0.4, -0.2) is 85.7 Å². The number of rotatable bonds is 5. The molecule has 2 aliphatic heterocycles. The van der Waals surface area contributed by atoms with Gasteiger partial charge in [0.2, 0.25) is 5.91 Å². The number of likely N-dealkylation sites (N-methyl/N-ethyl adjacent to an activating group) is 1. The Bertz CT molecular complexity index is 993. The van der Waals surface area contributed by atoms with E-state index in [1.165, 1.54) is 0 Å². The van der Waals surface area contributed by atoms with Gasteiger partial charge >= 0.3 is 0 Å². The van der Waals surface area contributed by atoms with E-state index in [0.29, 0.717) is 43.5 Å². The highest BCUT2D eigenvalue weighted by Gasteiger charge is 2.35. The van der Waals surface area contributed by atoms with Crippen LogP contribution in [0.25, 0.3) is 11.3 Å². The number of nitrogen functional groups attached to an aromatic ring is 1. The molecule has 9 nitrogen and oxygen atoms in total. The molecule has 0 unspecified atom stereocenters. The Balaban J connectivity index is 1.47. The molecule has 1 fully saturated rings. The molecular weight excluding hydrogens is 396 g/mol. The van der Waals surface area contributed by atoms with E-state index in [9.17, 15) is 4.79 Å². The number of carbonyl (C=O) groups excluding carboxylic acids is 1. The summed E-state index contributed by atoms with van der Waals surface area (Å²) in [6, 6.07) is 5.66. The van der Waals surface area contributed by atoms with Gasteiger partial charge in [0.05, 0.1) is 18.8 Å². The van der Waals surface area contributed by atoms with Gasteiger partial charge in [-0.05, 0) is 32.3 Å². The number of piperazine rings is 1. The predicted octanol–water partition coefficient (Wildman–Crippen LogP) is 1.26. The summed E-state index contributed by atoms with van der Waals surface area (Å²) < 4.78 is 11.2. The molecule has 164 valence electrons. The van der Waals surface area contributed by atoms with E-state index in [4.69, 9.17) is 15.2 Å². The topological polar surface area (TPSA) is 97.0 Å². The molecule has 2 N–H and O–H groups in total. The van der Waals surface area contributed by atoms with Crippen LogP contribution in [0.5, 0.6) is 11.5 Å². The highest BCUT2D eigenvalue weighted by atomic mass is 16.5. The molecule has 4 rings (SSSR count). The molecule has 0 aliphatic carbocycles. The fourth-order valence-corrected chi connectivity index (χ4v) is 3.83. The second-order valence-electron chi connectivity index (χ2n) is 7.94. The van der Waals surface area contributed by atoms with Crippen LogP contribution in [0, 0.1) is 0 Å². The van der Waals surface area contributed by atoms with Gasteiger partial charge in [-0.1, -0.05) is 6.08 Å². The van der Waals surface area contributed by atoms with Crippen LogP contribution in [0.1, 0.15) is 0 Å². The van der Waals surface area contributed by atoms with Crippen molar-refractivity contribution in [2.24, 2.45) is 0 Å². The number of ether oxygens (including phenoxy) is 2. The first kappa shape index (κ1) is 20.9. The van der Waals surface area contributed by atoms with Gasteiger partial charge < -0.3 is 29.9 Å². The average molecular weight is 425 g/mol. The highest BCUT2D eigenvalue weighted by molar-refractivity contribution is 5.88. The Labute approximate surface area is 182 Å². The number of anilines is 2. The van der Waals surface area contributed by atoms with Crippen LogP contribution >= 0.6 is 0 Å². The zero-order valence-corrected chi connectivity index (χ0v) is 18.1. The fraction of sp³-hybridized carbons (Fsp3) is 0.409. The SMILES string of the molecule is COc1ccc(-c2cnc3c(c2)OC[C@H]2CN(C(=O)/C=C/CN(C)C)CCN32)nc1N. The van der Waals surface area contributed by atoms with Gasteiger partial charge in [0.15, 0.2) is 23.1 Å². The lowest BCUT2D eigenvalue weighted by atomic mass is 10.1. The average Bonchev–Trinajstić information content (AvgIpc) is 2.77. The van der Waals surface area contributed by atoms with E-state index >= 15 is 0 Å². The molecule has 4 heterocycles. The number of methoxy groups -OCH3 is 1. The molecule has 2 aromatic rings. The van der Waals surface area contributed by atoms with Crippen molar-refractivity contribution in [3.63, 3.8) is 0 Å². The van der Waals surface area contributed by atoms with E-state index in [0.717, 1.165) is 23.7 Å². The molecule has 1 atom stereocenters. The molecule has 1 amide bonds. The maximum Gasteiger partial charge on any atom is 0.246 e. The number of hydrogen-bond donors (Lipinski definition) is 1. The summed E-state index contributed by atoms with van der Waals surface area (Å²) in [5.41, 5.74) is 7.47. The van der Waals surface area contributed by atoms with Crippen molar-refractivity contribution in [2.75, 3.05) is 64.6 Å². The minimum atomic E-state index is 0.0405. The summed E-state index contributed by atoms with van der Waals surface area (Å²) in [6.07, 6.45) is 5.33. The Kier molecular flexibility index (Phi) is 5.94. The Morgan fingerprint density at radius 2 is 2.23 bits per heavy atom. The zero-order valence-electron chi connectivity index (χ0n) is 18.1. The van der Waals surface area contributed by atoms with E-state index in [-0.39, 0.29) is 11.9 Å². The largest absolute Gasteiger partial charge is 0.493 e. The summed E-state index contributed by atoms with van der Waals surface area (Å²) in [4.78, 5) is 27.7. The number of fused-ring (bicyclic) bond motifs is 3. The van der Waals surface area contributed by atoms with Gasteiger partial charge in [-0.2, -0.15) is 0 Å². The third kappa shape index (κ3) is 4.41. The molecule has 2 aliphatic rings. The standard InChI is InChI=1S/C22H28N6O3/c1-26(2)8-4-5-20(29)27-9-10-28-16(13-27)14-31-19-11-15(12-24-22(19)28)17-6-7-18(30-3)21(23)25-17/h4-7,11-12,16H,8-10,13-14H2,1-3H3,(H2,23,25)/b5-4+/t16-/m1/s1. The Hall–Kier alpha value is -3.33. The first-order chi connectivity index (χ1) is 15.0. The number of amides is 1. The fourth-order valence-electron chi connectivity index (χ4n) is 3.83. The molecule has 1 saturated heterocycles. The number of hydrogen-bond acceptors (Lipinski definition) is 8. The van der Waals surface area contributed by atoms with E-state index in [1.807, 2.05) is 42.1 Å². The van der Waals surface area contributed by atoms with Gasteiger partial charge in [0.1, 0.15) is 6.61 Å². The van der Waals surface area contributed by atoms with Crippen molar-refractivity contribution in [1.29, 1.82) is 0 Å². The van der Waals surface area contributed by atoms with Crippen molar-refractivity contribution >= 4 is 17.5 Å². The summed E-state index contributed by atoms with van der Waals surface area (Å²) in [5.74, 6) is 2.43. The number of carbonyl (C=O) groups is 1. The third-order valence-electron chi connectivity index (χ3n) is 5.46. The van der Waals surface area contributed by atoms with Crippen molar-refractivity contribution in [3.05, 3.63) is 36.5 Å². The van der Waals surface area contributed by atoms with Crippen molar-refractivity contribution in [1.82, 2.24) is 19.8 Å². The molecule has 0 bridgehead atoms. The summed E-state index contributed by atoms with van der Waals surface area (Å²) in [5, 5.41) is 0. The number of pyridine rings is 2. The lowest BCUT2D eigenvalue weighted by molar-refractivity contribution is -0.127. The summed E-state index contributed by atoms with van der Waals surface area (Å²) >= 11 is 0. The van der Waals surface area contributed by atoms with Crippen LogP contribution < -0.4 is 20.1 Å². The lowest BCUT2D eigenvalue weighted by Gasteiger charge is -2.44. The molecule has 2 aromatic heterocycles. The van der Waals surface area contributed by atoms with Gasteiger partial charge in [0, 0.05) is 44.0 Å². The smallest absolute Gasteiger partial charge is 0.246 e. The van der Waals surface area contributed by atoms with Crippen molar-refractivity contribution < 1.29 is 14.3 Å². The molecular formula is C22H28N6O3. The van der Waals surface area contributed by atoms with E-state index in [1.54, 1.807) is 25.4 Å². The second-order valence-corrected chi connectivity index (χ2v) is 7.94. The van der Waals surface area contributed by atoms with Crippen LogP contribution in [0.2, 0.25) is 0 Å². The van der Waals surface area contributed by atoms with Crippen molar-refractivity contribution in [2.45, 2.75) is 6.04 Å². The van der Waals surface area contributed by atoms with Gasteiger partial charge in [0.25, 0.3) is 0 Å². The summed E-state index contributed by atoms with van der Waals surface area (Å²) in [7, 11) is 5.51. The van der Waals surface area contributed by atoms with Crippen LogP contribution in [0.3, 0.4) is 0 Å². The van der Waals surface area contributed by atoms with Crippen LogP contribution in [-0.2, 0) is 4.79 Å². The zero-order chi connectivity index (χ0) is 22.0. The second kappa shape index (κ2) is 8.81. The Morgan fingerprint density at radius 1 is 1.39 bits per heavy atom. The van der Waals surface area contributed by atoms with Gasteiger partial charge in [-0.3, -0.25) is 4.79 Å². The summed E-state index contributed by atoms with van der Waals surface area (Å²) in [6.45, 7) is 3.23. The number of aromatic nitrogens is 2. The lowest BCUT2D eigenvalue weighted by Crippen LogP contribution is -2.58. The van der Waals surface area contributed by atoms with Gasteiger partial charge in [-0.15, -0.1) is 0 Å². The quantitative estimate of drug-likeness (QED) is 0.717. The Morgan fingerprint density at radius 3 is 2.97 bits per heavy atom. The number of nitrogens with zero attached hydrogens (tertiary/aromatic N) is 5. The first-order valence-electron chi connectivity index (χ1n) is 10.3. The highest BCUT2D eigenvalue weighted by Crippen LogP contribution is 2.36. The third-order valence-corrected chi connectivity index (χ3v) is 5.46.